The number of aromatic nitrogens is 7. The van der Waals surface area contributed by atoms with Gasteiger partial charge in [-0.3, -0.25) is 0 Å². The summed E-state index contributed by atoms with van der Waals surface area (Å²) >= 11 is 0. The number of pyridine rings is 1. The molecule has 4 aromatic heterocycles. The van der Waals surface area contributed by atoms with Gasteiger partial charge in [-0.1, -0.05) is 12.1 Å². The second-order valence-corrected chi connectivity index (χ2v) is 5.87. The topological polar surface area (TPSA) is 114 Å². The summed E-state index contributed by atoms with van der Waals surface area (Å²) in [5.74, 6) is 1.02. The van der Waals surface area contributed by atoms with E-state index in [1.54, 1.807) is 38.0 Å². The fraction of sp³-hybridized carbons (Fsp3) is 0.0556. The molecule has 5 aromatic rings. The van der Waals surface area contributed by atoms with Gasteiger partial charge < -0.3 is 14.7 Å². The summed E-state index contributed by atoms with van der Waals surface area (Å²) in [5.41, 5.74) is 3.39. The van der Waals surface area contributed by atoms with Crippen LogP contribution in [-0.2, 0) is 0 Å². The van der Waals surface area contributed by atoms with Crippen LogP contribution in [0.25, 0.3) is 39.4 Å². The first-order chi connectivity index (χ1) is 13.2. The van der Waals surface area contributed by atoms with Gasteiger partial charge in [0.1, 0.15) is 11.3 Å². The predicted molar refractivity (Wildman–Crippen MR) is 98.9 cm³/mol. The molecule has 9 heteroatoms. The molecule has 0 atom stereocenters. The van der Waals surface area contributed by atoms with Crippen LogP contribution in [-0.4, -0.2) is 41.6 Å². The van der Waals surface area contributed by atoms with Crippen molar-refractivity contribution < 1.29 is 4.74 Å². The van der Waals surface area contributed by atoms with Crippen molar-refractivity contribution in [2.45, 2.75) is 0 Å². The second-order valence-electron chi connectivity index (χ2n) is 5.87. The molecule has 0 aliphatic rings. The van der Waals surface area contributed by atoms with Crippen LogP contribution in [0.1, 0.15) is 0 Å². The Hall–Kier alpha value is -4.01. The summed E-state index contributed by atoms with van der Waals surface area (Å²) in [5, 5.41) is 0. The Morgan fingerprint density at radius 2 is 1.96 bits per heavy atom. The van der Waals surface area contributed by atoms with Gasteiger partial charge in [0.15, 0.2) is 17.1 Å². The summed E-state index contributed by atoms with van der Waals surface area (Å²) in [4.78, 5) is 35.7. The number of H-pyrrole nitrogens is 2. The number of aromatic amines is 2. The molecule has 0 bridgehead atoms. The van der Waals surface area contributed by atoms with Crippen molar-refractivity contribution in [1.82, 2.24) is 34.5 Å². The maximum absolute atomic E-state index is 12.6. The summed E-state index contributed by atoms with van der Waals surface area (Å²) in [6, 6.07) is 9.14. The zero-order chi connectivity index (χ0) is 18.4. The van der Waals surface area contributed by atoms with Crippen LogP contribution in [0.3, 0.4) is 0 Å². The van der Waals surface area contributed by atoms with Crippen molar-refractivity contribution in [3.05, 3.63) is 59.5 Å². The number of benzene rings is 1. The number of rotatable bonds is 3. The molecule has 0 fully saturated rings. The van der Waals surface area contributed by atoms with Crippen LogP contribution in [0.15, 0.2) is 53.8 Å². The van der Waals surface area contributed by atoms with Crippen molar-refractivity contribution in [2.24, 2.45) is 0 Å². The molecule has 1 aromatic carbocycles. The maximum atomic E-state index is 12.6. The molecule has 0 aliphatic heterocycles. The number of hydrogen-bond donors (Lipinski definition) is 2. The smallest absolute Gasteiger partial charge is 0.332 e. The Labute approximate surface area is 151 Å². The van der Waals surface area contributed by atoms with Crippen LogP contribution >= 0.6 is 0 Å². The molecule has 2 N–H and O–H groups in total. The molecule has 0 saturated heterocycles. The molecule has 0 saturated carbocycles. The van der Waals surface area contributed by atoms with E-state index in [4.69, 9.17) is 4.74 Å². The highest BCUT2D eigenvalue weighted by Gasteiger charge is 2.16. The van der Waals surface area contributed by atoms with Crippen LogP contribution < -0.4 is 10.4 Å². The molecule has 0 spiro atoms. The summed E-state index contributed by atoms with van der Waals surface area (Å²) in [7, 11) is 1.56. The lowest BCUT2D eigenvalue weighted by molar-refractivity contribution is 0.413. The number of nitrogens with zero attached hydrogens (tertiary/aromatic N) is 5. The number of para-hydroxylation sites is 2. The van der Waals surface area contributed by atoms with E-state index in [0.29, 0.717) is 39.6 Å². The average molecular weight is 359 g/mol. The van der Waals surface area contributed by atoms with Gasteiger partial charge in [-0.05, 0) is 18.2 Å². The lowest BCUT2D eigenvalue weighted by atomic mass is 10.2. The van der Waals surface area contributed by atoms with E-state index < -0.39 is 0 Å². The van der Waals surface area contributed by atoms with Crippen molar-refractivity contribution >= 4 is 22.3 Å². The third-order valence-corrected chi connectivity index (χ3v) is 4.28. The molecule has 0 radical (unpaired) electrons. The summed E-state index contributed by atoms with van der Waals surface area (Å²) < 4.78 is 6.86. The lowest BCUT2D eigenvalue weighted by Crippen LogP contribution is -2.15. The van der Waals surface area contributed by atoms with Gasteiger partial charge in [-0.2, -0.15) is 0 Å². The second kappa shape index (κ2) is 5.77. The highest BCUT2D eigenvalue weighted by Crippen LogP contribution is 2.25. The molecule has 9 nitrogen and oxygen atoms in total. The van der Waals surface area contributed by atoms with Crippen molar-refractivity contribution in [3.8, 4) is 22.8 Å². The van der Waals surface area contributed by atoms with Gasteiger partial charge in [0.05, 0.1) is 30.8 Å². The molecule has 0 aliphatic carbocycles. The Balaban J connectivity index is 1.74. The monoisotopic (exact) mass is 359 g/mol. The van der Waals surface area contributed by atoms with Crippen molar-refractivity contribution in [3.63, 3.8) is 0 Å². The third kappa shape index (κ3) is 2.36. The number of fused-ring (bicyclic) bond motifs is 2. The van der Waals surface area contributed by atoms with Gasteiger partial charge in [-0.25, -0.2) is 29.3 Å². The maximum Gasteiger partial charge on any atom is 0.332 e. The first-order valence-electron chi connectivity index (χ1n) is 8.15. The van der Waals surface area contributed by atoms with Gasteiger partial charge in [-0.15, -0.1) is 0 Å². The lowest BCUT2D eigenvalue weighted by Gasteiger charge is -2.09. The summed E-state index contributed by atoms with van der Waals surface area (Å²) in [6.07, 6.45) is 4.82. The zero-order valence-corrected chi connectivity index (χ0v) is 14.2. The van der Waals surface area contributed by atoms with Crippen LogP contribution in [0.2, 0.25) is 0 Å². The number of imidazole rings is 2. The third-order valence-electron chi connectivity index (χ3n) is 4.28. The quantitative estimate of drug-likeness (QED) is 0.510. The average Bonchev–Trinajstić information content (AvgIpc) is 3.30. The van der Waals surface area contributed by atoms with E-state index in [-0.39, 0.29) is 5.69 Å². The minimum absolute atomic E-state index is 0.317. The zero-order valence-electron chi connectivity index (χ0n) is 14.2. The van der Waals surface area contributed by atoms with Gasteiger partial charge in [0.25, 0.3) is 0 Å². The SMILES string of the molecule is COc1ccccc1-n1c(=O)[nH]c2cnc(-c3cnc4nc[nH]c4c3)nc21. The largest absolute Gasteiger partial charge is 0.495 e. The van der Waals surface area contributed by atoms with Crippen LogP contribution in [0.5, 0.6) is 5.75 Å². The Kier molecular flexibility index (Phi) is 3.26. The molecular weight excluding hydrogens is 346 g/mol. The van der Waals surface area contributed by atoms with E-state index in [0.717, 1.165) is 5.52 Å². The molecule has 27 heavy (non-hydrogen) atoms. The van der Waals surface area contributed by atoms with Crippen molar-refractivity contribution in [2.75, 3.05) is 7.11 Å². The van der Waals surface area contributed by atoms with E-state index >= 15 is 0 Å². The van der Waals surface area contributed by atoms with Crippen LogP contribution in [0, 0.1) is 0 Å². The number of hydrogen-bond acceptors (Lipinski definition) is 6. The van der Waals surface area contributed by atoms with Crippen molar-refractivity contribution in [1.29, 1.82) is 0 Å². The van der Waals surface area contributed by atoms with E-state index in [1.807, 2.05) is 18.2 Å². The number of methoxy groups -OCH3 is 1. The van der Waals surface area contributed by atoms with E-state index in [2.05, 4.69) is 29.9 Å². The van der Waals surface area contributed by atoms with E-state index in [9.17, 15) is 4.79 Å². The highest BCUT2D eigenvalue weighted by atomic mass is 16.5. The molecule has 132 valence electrons. The minimum Gasteiger partial charge on any atom is -0.495 e. The molecular formula is C18H13N7O2. The van der Waals surface area contributed by atoms with Gasteiger partial charge in [0, 0.05) is 11.8 Å². The van der Waals surface area contributed by atoms with Gasteiger partial charge >= 0.3 is 5.69 Å². The highest BCUT2D eigenvalue weighted by molar-refractivity contribution is 5.78. The Morgan fingerprint density at radius 1 is 1.07 bits per heavy atom. The van der Waals surface area contributed by atoms with Crippen LogP contribution in [0.4, 0.5) is 0 Å². The standard InChI is InChI=1S/C18H13N7O2/c1-27-14-5-3-2-4-13(14)25-17-12(23-18(25)26)8-20-15(24-17)10-6-11-16(19-7-10)22-9-21-11/h2-9H,1H3,(H,23,26)(H,19,21,22). The molecule has 0 amide bonds. The first kappa shape index (κ1) is 15.3. The normalized spacial score (nSPS) is 11.3. The minimum atomic E-state index is -0.317. The fourth-order valence-corrected chi connectivity index (χ4v) is 3.03. The summed E-state index contributed by atoms with van der Waals surface area (Å²) in [6.45, 7) is 0. The Morgan fingerprint density at radius 3 is 2.85 bits per heavy atom. The first-order valence-corrected chi connectivity index (χ1v) is 8.15. The van der Waals surface area contributed by atoms with Gasteiger partial charge in [0.2, 0.25) is 0 Å². The molecule has 5 rings (SSSR count). The number of nitrogens with one attached hydrogen (secondary N) is 2. The fourth-order valence-electron chi connectivity index (χ4n) is 3.03. The molecule has 4 heterocycles. The van der Waals surface area contributed by atoms with E-state index in [1.165, 1.54) is 4.57 Å². The Bertz CT molecular complexity index is 1350. The number of ether oxygens (including phenoxy) is 1. The molecule has 0 unspecified atom stereocenters. The predicted octanol–water partition coefficient (Wildman–Crippen LogP) is 2.06.